The summed E-state index contributed by atoms with van der Waals surface area (Å²) < 4.78 is 5.45. The lowest BCUT2D eigenvalue weighted by Crippen LogP contribution is -2.33. The van der Waals surface area contributed by atoms with Crippen molar-refractivity contribution in [1.29, 1.82) is 0 Å². The quantitative estimate of drug-likeness (QED) is 0.844. The molecule has 2 rings (SSSR count). The maximum Gasteiger partial charge on any atom is 0.119 e. The van der Waals surface area contributed by atoms with Crippen molar-refractivity contribution in [3.05, 3.63) is 29.8 Å². The van der Waals surface area contributed by atoms with Gasteiger partial charge < -0.3 is 10.1 Å². The molecule has 2 heteroatoms. The van der Waals surface area contributed by atoms with Crippen LogP contribution in [-0.4, -0.2) is 19.7 Å². The standard InChI is InChI=1S/C14H21NO/c1-3-16-14-6-4-12(5-7-14)13-8-11(2)9-15-10-13/h4-7,11,13,15H,3,8-10H2,1-2H3. The third-order valence-electron chi connectivity index (χ3n) is 3.23. The molecule has 0 saturated carbocycles. The minimum absolute atomic E-state index is 0.666. The van der Waals surface area contributed by atoms with E-state index < -0.39 is 0 Å². The van der Waals surface area contributed by atoms with Gasteiger partial charge in [0.2, 0.25) is 0 Å². The molecule has 1 heterocycles. The maximum atomic E-state index is 5.45. The van der Waals surface area contributed by atoms with Gasteiger partial charge in [0.1, 0.15) is 5.75 Å². The minimum Gasteiger partial charge on any atom is -0.494 e. The normalized spacial score (nSPS) is 25.4. The Morgan fingerprint density at radius 3 is 2.62 bits per heavy atom. The fraction of sp³-hybridized carbons (Fsp3) is 0.571. The summed E-state index contributed by atoms with van der Waals surface area (Å²) in [5.74, 6) is 2.42. The fourth-order valence-electron chi connectivity index (χ4n) is 2.41. The monoisotopic (exact) mass is 219 g/mol. The predicted molar refractivity (Wildman–Crippen MR) is 67.0 cm³/mol. The first-order chi connectivity index (χ1) is 7.79. The van der Waals surface area contributed by atoms with E-state index in [1.165, 1.54) is 12.0 Å². The lowest BCUT2D eigenvalue weighted by molar-refractivity contribution is 0.339. The molecular formula is C14H21NO. The van der Waals surface area contributed by atoms with Gasteiger partial charge in [-0.05, 0) is 49.4 Å². The Bertz CT molecular complexity index is 320. The van der Waals surface area contributed by atoms with Gasteiger partial charge in [-0.1, -0.05) is 19.1 Å². The molecule has 1 saturated heterocycles. The van der Waals surface area contributed by atoms with Gasteiger partial charge >= 0.3 is 0 Å². The zero-order valence-corrected chi connectivity index (χ0v) is 10.2. The van der Waals surface area contributed by atoms with Crippen molar-refractivity contribution < 1.29 is 4.74 Å². The number of hydrogen-bond donors (Lipinski definition) is 1. The summed E-state index contributed by atoms with van der Waals surface area (Å²) >= 11 is 0. The lowest BCUT2D eigenvalue weighted by atomic mass is 9.86. The summed E-state index contributed by atoms with van der Waals surface area (Å²) in [7, 11) is 0. The summed E-state index contributed by atoms with van der Waals surface area (Å²) in [6.45, 7) is 7.33. The van der Waals surface area contributed by atoms with Crippen LogP contribution in [0.4, 0.5) is 0 Å². The van der Waals surface area contributed by atoms with Crippen molar-refractivity contribution in [3.8, 4) is 5.75 Å². The van der Waals surface area contributed by atoms with Crippen molar-refractivity contribution in [3.63, 3.8) is 0 Å². The molecule has 0 bridgehead atoms. The topological polar surface area (TPSA) is 21.3 Å². The predicted octanol–water partition coefficient (Wildman–Crippen LogP) is 2.80. The first kappa shape index (κ1) is 11.5. The van der Waals surface area contributed by atoms with Crippen LogP contribution in [0.15, 0.2) is 24.3 Å². The van der Waals surface area contributed by atoms with E-state index in [4.69, 9.17) is 4.74 Å². The number of piperidine rings is 1. The van der Waals surface area contributed by atoms with Crippen molar-refractivity contribution in [2.24, 2.45) is 5.92 Å². The smallest absolute Gasteiger partial charge is 0.119 e. The van der Waals surface area contributed by atoms with Gasteiger partial charge in [-0.15, -0.1) is 0 Å². The second kappa shape index (κ2) is 5.35. The third kappa shape index (κ3) is 2.76. The molecule has 0 spiro atoms. The van der Waals surface area contributed by atoms with E-state index >= 15 is 0 Å². The van der Waals surface area contributed by atoms with Gasteiger partial charge in [0.25, 0.3) is 0 Å². The zero-order valence-electron chi connectivity index (χ0n) is 10.2. The molecule has 0 aromatic heterocycles. The SMILES string of the molecule is CCOc1ccc(C2CNCC(C)C2)cc1. The van der Waals surface area contributed by atoms with Crippen LogP contribution in [-0.2, 0) is 0 Å². The van der Waals surface area contributed by atoms with Gasteiger partial charge in [0.15, 0.2) is 0 Å². The molecule has 1 aromatic carbocycles. The van der Waals surface area contributed by atoms with E-state index in [-0.39, 0.29) is 0 Å². The van der Waals surface area contributed by atoms with Crippen molar-refractivity contribution in [1.82, 2.24) is 5.32 Å². The molecule has 2 atom stereocenters. The molecule has 0 amide bonds. The molecule has 0 aliphatic carbocycles. The molecule has 16 heavy (non-hydrogen) atoms. The van der Waals surface area contributed by atoms with E-state index in [1.54, 1.807) is 0 Å². The zero-order chi connectivity index (χ0) is 11.4. The summed E-state index contributed by atoms with van der Waals surface area (Å²) in [6.07, 6.45) is 1.29. The fourth-order valence-corrected chi connectivity index (χ4v) is 2.41. The van der Waals surface area contributed by atoms with E-state index in [2.05, 4.69) is 36.5 Å². The van der Waals surface area contributed by atoms with Crippen LogP contribution in [0.3, 0.4) is 0 Å². The molecule has 88 valence electrons. The van der Waals surface area contributed by atoms with E-state index in [9.17, 15) is 0 Å². The number of rotatable bonds is 3. The third-order valence-corrected chi connectivity index (χ3v) is 3.23. The number of ether oxygens (including phenoxy) is 1. The van der Waals surface area contributed by atoms with E-state index in [1.807, 2.05) is 6.92 Å². The Morgan fingerprint density at radius 2 is 2.00 bits per heavy atom. The van der Waals surface area contributed by atoms with E-state index in [0.29, 0.717) is 5.92 Å². The molecule has 1 aliphatic heterocycles. The molecule has 1 aromatic rings. The first-order valence-electron chi connectivity index (χ1n) is 6.23. The highest BCUT2D eigenvalue weighted by Gasteiger charge is 2.19. The number of nitrogens with one attached hydrogen (secondary N) is 1. The number of hydrogen-bond acceptors (Lipinski definition) is 2. The van der Waals surface area contributed by atoms with Crippen LogP contribution in [0.1, 0.15) is 31.7 Å². The van der Waals surface area contributed by atoms with Crippen LogP contribution >= 0.6 is 0 Å². The largest absolute Gasteiger partial charge is 0.494 e. The first-order valence-corrected chi connectivity index (χ1v) is 6.23. The van der Waals surface area contributed by atoms with Gasteiger partial charge in [-0.3, -0.25) is 0 Å². The Labute approximate surface area is 98.0 Å². The van der Waals surface area contributed by atoms with Crippen molar-refractivity contribution >= 4 is 0 Å². The van der Waals surface area contributed by atoms with Gasteiger partial charge in [0, 0.05) is 6.54 Å². The average molecular weight is 219 g/mol. The van der Waals surface area contributed by atoms with Crippen LogP contribution in [0.2, 0.25) is 0 Å². The minimum atomic E-state index is 0.666. The van der Waals surface area contributed by atoms with E-state index in [0.717, 1.165) is 31.4 Å². The summed E-state index contributed by atoms with van der Waals surface area (Å²) in [4.78, 5) is 0. The second-order valence-electron chi connectivity index (χ2n) is 4.70. The Morgan fingerprint density at radius 1 is 1.25 bits per heavy atom. The van der Waals surface area contributed by atoms with Crippen molar-refractivity contribution in [2.45, 2.75) is 26.2 Å². The summed E-state index contributed by atoms with van der Waals surface area (Å²) in [6, 6.07) is 8.57. The highest BCUT2D eigenvalue weighted by Crippen LogP contribution is 2.27. The lowest BCUT2D eigenvalue weighted by Gasteiger charge is -2.28. The molecule has 0 radical (unpaired) electrons. The summed E-state index contributed by atoms with van der Waals surface area (Å²) in [5, 5.41) is 3.49. The Hall–Kier alpha value is -1.02. The maximum absolute atomic E-state index is 5.45. The second-order valence-corrected chi connectivity index (χ2v) is 4.70. The van der Waals surface area contributed by atoms with Gasteiger partial charge in [-0.2, -0.15) is 0 Å². The van der Waals surface area contributed by atoms with Crippen LogP contribution in [0.5, 0.6) is 5.75 Å². The van der Waals surface area contributed by atoms with Gasteiger partial charge in [0.05, 0.1) is 6.61 Å². The Kier molecular flexibility index (Phi) is 3.83. The molecule has 1 N–H and O–H groups in total. The van der Waals surface area contributed by atoms with Crippen LogP contribution < -0.4 is 10.1 Å². The molecule has 1 fully saturated rings. The molecule has 2 nitrogen and oxygen atoms in total. The average Bonchev–Trinajstić information content (AvgIpc) is 2.30. The van der Waals surface area contributed by atoms with Gasteiger partial charge in [-0.25, -0.2) is 0 Å². The highest BCUT2D eigenvalue weighted by atomic mass is 16.5. The Balaban J connectivity index is 2.03. The molecule has 1 aliphatic rings. The number of benzene rings is 1. The van der Waals surface area contributed by atoms with Crippen LogP contribution in [0, 0.1) is 5.92 Å². The molecular weight excluding hydrogens is 198 g/mol. The van der Waals surface area contributed by atoms with Crippen LogP contribution in [0.25, 0.3) is 0 Å². The van der Waals surface area contributed by atoms with Crippen molar-refractivity contribution in [2.75, 3.05) is 19.7 Å². The summed E-state index contributed by atoms with van der Waals surface area (Å²) in [5.41, 5.74) is 1.43. The highest BCUT2D eigenvalue weighted by molar-refractivity contribution is 5.30. The molecule has 2 unspecified atom stereocenters.